The zero-order chi connectivity index (χ0) is 27.0. The van der Waals surface area contributed by atoms with E-state index in [4.69, 9.17) is 29.9 Å². The predicted molar refractivity (Wildman–Crippen MR) is 153 cm³/mol. The fourth-order valence-corrected chi connectivity index (χ4v) is 5.04. The molecule has 0 spiro atoms. The number of nitrogens with zero attached hydrogens (tertiary/aromatic N) is 7. The van der Waals surface area contributed by atoms with E-state index in [1.54, 1.807) is 0 Å². The molecule has 0 saturated heterocycles. The minimum absolute atomic E-state index is 0.398. The van der Waals surface area contributed by atoms with Crippen LogP contribution in [0.1, 0.15) is 52.3 Å². The van der Waals surface area contributed by atoms with Crippen LogP contribution < -0.4 is 0 Å². The zero-order valence-corrected chi connectivity index (χ0v) is 21.7. The van der Waals surface area contributed by atoms with Crippen LogP contribution >= 0.6 is 0 Å². The highest BCUT2D eigenvalue weighted by molar-refractivity contribution is 5.33. The van der Waals surface area contributed by atoms with Crippen molar-refractivity contribution in [2.75, 3.05) is 0 Å². The number of hydrogen-bond donors (Lipinski definition) is 0. The SMILES string of the molecule is c1ccc(C(c2ccccn2)N(C(c2ccccn2)c2ccccn2)C(c2ccccn2)c2ccccn2)nc1. The van der Waals surface area contributed by atoms with Gasteiger partial charge in [0, 0.05) is 37.2 Å². The lowest BCUT2D eigenvalue weighted by molar-refractivity contribution is 0.123. The molecule has 0 aliphatic rings. The Balaban J connectivity index is 1.69. The Bertz CT molecular complexity index is 1270. The van der Waals surface area contributed by atoms with E-state index in [0.29, 0.717) is 0 Å². The third-order valence-corrected chi connectivity index (χ3v) is 6.70. The van der Waals surface area contributed by atoms with Crippen LogP contribution in [0.15, 0.2) is 146 Å². The van der Waals surface area contributed by atoms with Gasteiger partial charge in [-0.15, -0.1) is 0 Å². The summed E-state index contributed by atoms with van der Waals surface area (Å²) >= 11 is 0. The van der Waals surface area contributed by atoms with Gasteiger partial charge in [0.25, 0.3) is 0 Å². The van der Waals surface area contributed by atoms with Crippen LogP contribution in [0.3, 0.4) is 0 Å². The fourth-order valence-electron chi connectivity index (χ4n) is 5.04. The predicted octanol–water partition coefficient (Wildman–Crippen LogP) is 6.03. The van der Waals surface area contributed by atoms with E-state index in [9.17, 15) is 0 Å². The van der Waals surface area contributed by atoms with Crippen LogP contribution in [0.25, 0.3) is 0 Å². The van der Waals surface area contributed by atoms with Crippen molar-refractivity contribution in [2.45, 2.75) is 18.1 Å². The summed E-state index contributed by atoms with van der Waals surface area (Å²) in [5.41, 5.74) is 5.06. The first-order valence-electron chi connectivity index (χ1n) is 13.1. The van der Waals surface area contributed by atoms with E-state index in [-0.39, 0.29) is 0 Å². The summed E-state index contributed by atoms with van der Waals surface area (Å²) in [4.78, 5) is 31.5. The van der Waals surface area contributed by atoms with Gasteiger partial charge in [-0.2, -0.15) is 0 Å². The number of hydrogen-bond acceptors (Lipinski definition) is 7. The second kappa shape index (κ2) is 12.1. The molecule has 40 heavy (non-hydrogen) atoms. The minimum Gasteiger partial charge on any atom is -0.262 e. The first-order valence-corrected chi connectivity index (χ1v) is 13.1. The molecule has 7 heteroatoms. The van der Waals surface area contributed by atoms with Gasteiger partial charge in [0.1, 0.15) is 0 Å². The number of pyridine rings is 6. The maximum absolute atomic E-state index is 4.85. The Hall–Kier alpha value is -5.14. The van der Waals surface area contributed by atoms with Gasteiger partial charge in [-0.3, -0.25) is 34.8 Å². The van der Waals surface area contributed by atoms with Crippen LogP contribution in [0.2, 0.25) is 0 Å². The quantitative estimate of drug-likeness (QED) is 0.230. The highest BCUT2D eigenvalue weighted by Crippen LogP contribution is 2.44. The monoisotopic (exact) mass is 521 g/mol. The highest BCUT2D eigenvalue weighted by Gasteiger charge is 2.41. The van der Waals surface area contributed by atoms with Crippen molar-refractivity contribution in [3.63, 3.8) is 0 Å². The number of rotatable bonds is 9. The average Bonchev–Trinajstić information content (AvgIpc) is 3.04. The molecule has 0 unspecified atom stereocenters. The maximum Gasteiger partial charge on any atom is 0.0967 e. The van der Waals surface area contributed by atoms with E-state index >= 15 is 0 Å². The van der Waals surface area contributed by atoms with Gasteiger partial charge in [-0.05, 0) is 72.8 Å². The van der Waals surface area contributed by atoms with Gasteiger partial charge in [0.05, 0.1) is 52.3 Å². The minimum atomic E-state index is -0.398. The molecule has 0 aliphatic heterocycles. The molecular formula is C33H27N7. The van der Waals surface area contributed by atoms with E-state index < -0.39 is 18.1 Å². The van der Waals surface area contributed by atoms with Crippen LogP contribution in [-0.2, 0) is 0 Å². The summed E-state index contributed by atoms with van der Waals surface area (Å²) in [5.74, 6) is 0. The molecule has 0 N–H and O–H groups in total. The molecule has 0 atom stereocenters. The standard InChI is InChI=1S/C33H27N7/c1-7-19-34-25(13-1)31(26-14-2-8-20-35-26)40(32(27-15-3-9-21-36-27)28-16-4-10-22-37-28)33(29-17-5-11-23-38-29)30-18-6-12-24-39-30/h1-24,31-33H. The summed E-state index contributed by atoms with van der Waals surface area (Å²) in [6.45, 7) is 0. The molecule has 194 valence electrons. The van der Waals surface area contributed by atoms with Crippen molar-refractivity contribution in [1.82, 2.24) is 34.8 Å². The third-order valence-electron chi connectivity index (χ3n) is 6.70. The molecule has 0 saturated carbocycles. The van der Waals surface area contributed by atoms with Gasteiger partial charge in [-0.1, -0.05) is 36.4 Å². The topological polar surface area (TPSA) is 80.6 Å². The Labute approximate surface area is 233 Å². The smallest absolute Gasteiger partial charge is 0.0967 e. The van der Waals surface area contributed by atoms with E-state index in [2.05, 4.69) is 4.90 Å². The van der Waals surface area contributed by atoms with Crippen LogP contribution in [0.4, 0.5) is 0 Å². The normalized spacial score (nSPS) is 11.4. The van der Waals surface area contributed by atoms with Gasteiger partial charge in [0.2, 0.25) is 0 Å². The van der Waals surface area contributed by atoms with Crippen LogP contribution in [0, 0.1) is 0 Å². The Morgan fingerprint density at radius 1 is 0.300 bits per heavy atom. The highest BCUT2D eigenvalue weighted by atomic mass is 15.3. The van der Waals surface area contributed by atoms with Gasteiger partial charge < -0.3 is 0 Å². The largest absolute Gasteiger partial charge is 0.262 e. The molecule has 0 fully saturated rings. The molecule has 0 radical (unpaired) electrons. The second-order valence-electron chi connectivity index (χ2n) is 9.18. The van der Waals surface area contributed by atoms with Crippen LogP contribution in [0.5, 0.6) is 0 Å². The van der Waals surface area contributed by atoms with Crippen molar-refractivity contribution in [1.29, 1.82) is 0 Å². The molecule has 0 amide bonds. The van der Waals surface area contributed by atoms with Crippen molar-refractivity contribution in [2.24, 2.45) is 0 Å². The Kier molecular flexibility index (Phi) is 7.64. The van der Waals surface area contributed by atoms with Crippen molar-refractivity contribution in [3.8, 4) is 0 Å². The average molecular weight is 522 g/mol. The lowest BCUT2D eigenvalue weighted by Crippen LogP contribution is -2.40. The molecule has 6 aromatic rings. The molecule has 0 aliphatic carbocycles. The summed E-state index contributed by atoms with van der Waals surface area (Å²) in [6, 6.07) is 34.6. The van der Waals surface area contributed by atoms with E-state index in [0.717, 1.165) is 34.2 Å². The van der Waals surface area contributed by atoms with Crippen molar-refractivity contribution in [3.05, 3.63) is 181 Å². The van der Waals surface area contributed by atoms with Crippen LogP contribution in [-0.4, -0.2) is 34.8 Å². The third kappa shape index (κ3) is 5.36. The second-order valence-corrected chi connectivity index (χ2v) is 9.18. The summed E-state index contributed by atoms with van der Waals surface area (Å²) < 4.78 is 0. The van der Waals surface area contributed by atoms with Gasteiger partial charge in [-0.25, -0.2) is 0 Å². The molecule has 6 rings (SSSR count). The van der Waals surface area contributed by atoms with E-state index in [1.807, 2.05) is 146 Å². The molecule has 0 aromatic carbocycles. The Morgan fingerprint density at radius 2 is 0.500 bits per heavy atom. The number of aromatic nitrogens is 6. The summed E-state index contributed by atoms with van der Waals surface area (Å²) in [7, 11) is 0. The lowest BCUT2D eigenvalue weighted by Gasteiger charge is -2.42. The molecule has 7 nitrogen and oxygen atoms in total. The summed E-state index contributed by atoms with van der Waals surface area (Å²) in [5, 5.41) is 0. The first kappa shape index (κ1) is 25.2. The summed E-state index contributed by atoms with van der Waals surface area (Å²) in [6.07, 6.45) is 10.9. The van der Waals surface area contributed by atoms with Gasteiger partial charge >= 0.3 is 0 Å². The van der Waals surface area contributed by atoms with Crippen molar-refractivity contribution < 1.29 is 0 Å². The molecule has 6 heterocycles. The molecular weight excluding hydrogens is 494 g/mol. The Morgan fingerprint density at radius 3 is 0.650 bits per heavy atom. The van der Waals surface area contributed by atoms with Gasteiger partial charge in [0.15, 0.2) is 0 Å². The first-order chi connectivity index (χ1) is 19.9. The lowest BCUT2D eigenvalue weighted by atomic mass is 9.93. The molecule has 6 aromatic heterocycles. The maximum atomic E-state index is 4.85. The van der Waals surface area contributed by atoms with E-state index in [1.165, 1.54) is 0 Å². The van der Waals surface area contributed by atoms with Crippen molar-refractivity contribution >= 4 is 0 Å². The zero-order valence-electron chi connectivity index (χ0n) is 21.7. The fraction of sp³-hybridized carbons (Fsp3) is 0.0909. The molecule has 0 bridgehead atoms.